The number of fused-ring (bicyclic) bond motifs is 1. The van der Waals surface area contributed by atoms with Gasteiger partial charge in [-0.25, -0.2) is 15.8 Å². The van der Waals surface area contributed by atoms with Crippen LogP contribution >= 0.6 is 0 Å². The number of hydrogen-bond donors (Lipinski definition) is 3. The summed E-state index contributed by atoms with van der Waals surface area (Å²) in [6.07, 6.45) is 6.93. The lowest BCUT2D eigenvalue weighted by Crippen LogP contribution is -2.13. The van der Waals surface area contributed by atoms with Crippen molar-refractivity contribution in [1.29, 1.82) is 0 Å². The molecule has 0 bridgehead atoms. The van der Waals surface area contributed by atoms with E-state index < -0.39 is 0 Å². The Bertz CT molecular complexity index is 698. The molecule has 0 aromatic carbocycles. The van der Waals surface area contributed by atoms with E-state index in [1.165, 1.54) is 0 Å². The maximum absolute atomic E-state index is 5.39. The minimum Gasteiger partial charge on any atom is -0.360 e. The molecule has 9 nitrogen and oxygen atoms in total. The molecule has 0 aliphatic heterocycles. The Morgan fingerprint density at radius 2 is 2.32 bits per heavy atom. The Hall–Kier alpha value is -2.68. The zero-order chi connectivity index (χ0) is 13.2. The summed E-state index contributed by atoms with van der Waals surface area (Å²) < 4.78 is 3.67. The molecule has 9 heteroatoms. The number of nitrogens with zero attached hydrogens (tertiary/aromatic N) is 6. The van der Waals surface area contributed by atoms with Gasteiger partial charge in [-0.3, -0.25) is 0 Å². The Balaban J connectivity index is 1.91. The molecule has 0 spiro atoms. The number of hydrogen-bond acceptors (Lipinski definition) is 7. The van der Waals surface area contributed by atoms with Crippen molar-refractivity contribution in [1.82, 2.24) is 29.1 Å². The van der Waals surface area contributed by atoms with Crippen molar-refractivity contribution in [2.45, 2.75) is 6.54 Å². The first-order valence-corrected chi connectivity index (χ1v) is 5.65. The van der Waals surface area contributed by atoms with Crippen molar-refractivity contribution in [3.63, 3.8) is 0 Å². The van der Waals surface area contributed by atoms with Gasteiger partial charge >= 0.3 is 0 Å². The van der Waals surface area contributed by atoms with Crippen LogP contribution in [0.4, 0.5) is 11.6 Å². The smallest absolute Gasteiger partial charge is 0.180 e. The summed E-state index contributed by atoms with van der Waals surface area (Å²) >= 11 is 0. The molecule has 0 fully saturated rings. The van der Waals surface area contributed by atoms with Crippen LogP contribution in [0.2, 0.25) is 0 Å². The van der Waals surface area contributed by atoms with Gasteiger partial charge in [-0.1, -0.05) is 0 Å². The predicted octanol–water partition coefficient (Wildman–Crippen LogP) is -0.245. The maximum atomic E-state index is 5.39. The number of hydrazine groups is 1. The molecule has 0 atom stereocenters. The molecule has 98 valence electrons. The molecule has 19 heavy (non-hydrogen) atoms. The molecule has 3 rings (SSSR count). The molecule has 0 aliphatic rings. The van der Waals surface area contributed by atoms with Crippen molar-refractivity contribution >= 4 is 17.3 Å². The number of aromatic nitrogens is 6. The normalized spacial score (nSPS) is 10.8. The van der Waals surface area contributed by atoms with Gasteiger partial charge in [-0.2, -0.15) is 0 Å². The number of anilines is 2. The largest absolute Gasteiger partial charge is 0.360 e. The van der Waals surface area contributed by atoms with Gasteiger partial charge < -0.3 is 19.7 Å². The van der Waals surface area contributed by atoms with Crippen molar-refractivity contribution in [3.05, 3.63) is 30.7 Å². The van der Waals surface area contributed by atoms with Crippen molar-refractivity contribution < 1.29 is 0 Å². The van der Waals surface area contributed by atoms with Crippen molar-refractivity contribution in [3.8, 4) is 0 Å². The number of rotatable bonds is 4. The number of imidazole rings is 1. The molecule has 0 unspecified atom stereocenters. The number of nitrogen functional groups attached to an aromatic ring is 1. The van der Waals surface area contributed by atoms with Crippen LogP contribution in [0.25, 0.3) is 5.65 Å². The van der Waals surface area contributed by atoms with Gasteiger partial charge in [0, 0.05) is 19.4 Å². The van der Waals surface area contributed by atoms with E-state index in [1.54, 1.807) is 18.7 Å². The molecular formula is C10H13N9. The summed E-state index contributed by atoms with van der Waals surface area (Å²) in [4.78, 5) is 8.58. The highest BCUT2D eigenvalue weighted by Crippen LogP contribution is 2.16. The third-order valence-electron chi connectivity index (χ3n) is 2.74. The summed E-state index contributed by atoms with van der Waals surface area (Å²) in [5, 5.41) is 11.0. The van der Waals surface area contributed by atoms with E-state index >= 15 is 0 Å². The Morgan fingerprint density at radius 3 is 3.05 bits per heavy atom. The lowest BCUT2D eigenvalue weighted by Gasteiger charge is -2.08. The molecule has 3 heterocycles. The van der Waals surface area contributed by atoms with Gasteiger partial charge in [-0.05, 0) is 0 Å². The maximum Gasteiger partial charge on any atom is 0.180 e. The number of aryl methyl sites for hydroxylation is 1. The highest BCUT2D eigenvalue weighted by Gasteiger charge is 2.08. The molecule has 3 aromatic rings. The van der Waals surface area contributed by atoms with Crippen LogP contribution in [0, 0.1) is 0 Å². The second-order valence-electron chi connectivity index (χ2n) is 3.99. The molecule has 0 radical (unpaired) electrons. The Labute approximate surface area is 108 Å². The first kappa shape index (κ1) is 11.4. The summed E-state index contributed by atoms with van der Waals surface area (Å²) in [7, 11) is 1.88. The number of nitrogens with one attached hydrogen (secondary N) is 2. The SMILES string of the molecule is Cn1cnnc1CNc1nc(NN)cn2ccnc12. The molecule has 0 amide bonds. The topological polar surface area (TPSA) is 111 Å². The molecule has 4 N–H and O–H groups in total. The lowest BCUT2D eigenvalue weighted by atomic mass is 10.5. The molecular weight excluding hydrogens is 246 g/mol. The van der Waals surface area contributed by atoms with Crippen LogP contribution in [-0.4, -0.2) is 29.1 Å². The van der Waals surface area contributed by atoms with Gasteiger partial charge in [0.2, 0.25) is 0 Å². The fourth-order valence-electron chi connectivity index (χ4n) is 1.75. The van der Waals surface area contributed by atoms with Crippen LogP contribution in [0.3, 0.4) is 0 Å². The van der Waals surface area contributed by atoms with Gasteiger partial charge in [0.15, 0.2) is 23.1 Å². The summed E-state index contributed by atoms with van der Waals surface area (Å²) in [5.41, 5.74) is 3.24. The number of nitrogens with two attached hydrogens (primary N) is 1. The first-order chi connectivity index (χ1) is 9.28. The quantitative estimate of drug-likeness (QED) is 0.438. The molecule has 0 saturated heterocycles. The van der Waals surface area contributed by atoms with Crippen molar-refractivity contribution in [2.75, 3.05) is 10.7 Å². The minimum absolute atomic E-state index is 0.500. The first-order valence-electron chi connectivity index (χ1n) is 5.65. The molecule has 3 aromatic heterocycles. The lowest BCUT2D eigenvalue weighted by molar-refractivity contribution is 0.810. The van der Waals surface area contributed by atoms with Crippen molar-refractivity contribution in [2.24, 2.45) is 12.9 Å². The monoisotopic (exact) mass is 259 g/mol. The average Bonchev–Trinajstić information content (AvgIpc) is 3.04. The molecule has 0 saturated carbocycles. The third kappa shape index (κ3) is 2.06. The Kier molecular flexibility index (Phi) is 2.72. The van der Waals surface area contributed by atoms with Gasteiger partial charge in [0.25, 0.3) is 0 Å². The van der Waals surface area contributed by atoms with E-state index in [2.05, 4.69) is 30.9 Å². The van der Waals surface area contributed by atoms with E-state index in [4.69, 9.17) is 5.84 Å². The highest BCUT2D eigenvalue weighted by molar-refractivity contribution is 5.65. The highest BCUT2D eigenvalue weighted by atomic mass is 15.3. The zero-order valence-corrected chi connectivity index (χ0v) is 10.3. The van der Waals surface area contributed by atoms with Crippen LogP contribution in [0.5, 0.6) is 0 Å². The van der Waals surface area contributed by atoms with Gasteiger partial charge in [0.05, 0.1) is 12.7 Å². The fourth-order valence-corrected chi connectivity index (χ4v) is 1.75. The summed E-state index contributed by atoms with van der Waals surface area (Å²) in [5.74, 6) is 7.37. The Morgan fingerprint density at radius 1 is 1.42 bits per heavy atom. The van der Waals surface area contributed by atoms with Crippen LogP contribution < -0.4 is 16.6 Å². The zero-order valence-electron chi connectivity index (χ0n) is 10.3. The van der Waals surface area contributed by atoms with E-state index in [1.807, 2.05) is 22.2 Å². The summed E-state index contributed by atoms with van der Waals surface area (Å²) in [6.45, 7) is 0.500. The predicted molar refractivity (Wildman–Crippen MR) is 69.1 cm³/mol. The summed E-state index contributed by atoms with van der Waals surface area (Å²) in [6, 6.07) is 0. The molecule has 0 aliphatic carbocycles. The van der Waals surface area contributed by atoms with Crippen LogP contribution in [0.15, 0.2) is 24.9 Å². The van der Waals surface area contributed by atoms with E-state index in [-0.39, 0.29) is 0 Å². The fraction of sp³-hybridized carbons (Fsp3) is 0.200. The minimum atomic E-state index is 0.500. The van der Waals surface area contributed by atoms with Crippen LogP contribution in [0.1, 0.15) is 5.82 Å². The van der Waals surface area contributed by atoms with Gasteiger partial charge in [-0.15, -0.1) is 10.2 Å². The third-order valence-corrected chi connectivity index (χ3v) is 2.74. The van der Waals surface area contributed by atoms with Crippen LogP contribution in [-0.2, 0) is 13.6 Å². The van der Waals surface area contributed by atoms with E-state index in [0.717, 1.165) is 11.5 Å². The van der Waals surface area contributed by atoms with E-state index in [9.17, 15) is 0 Å². The second kappa shape index (κ2) is 4.53. The van der Waals surface area contributed by atoms with E-state index in [0.29, 0.717) is 18.2 Å². The second-order valence-corrected chi connectivity index (χ2v) is 3.99. The standard InChI is InChI=1S/C10H13N9/c1-18-6-14-17-8(18)4-13-9-10-12-2-3-19(10)5-7(15-9)16-11/h2-3,5-6,16H,4,11H2,1H3,(H,13,15). The van der Waals surface area contributed by atoms with Gasteiger partial charge in [0.1, 0.15) is 6.33 Å². The average molecular weight is 259 g/mol.